The molecule has 0 saturated carbocycles. The molecular formula is C15H27ClN4O3. The molecule has 4 N–H and O–H groups in total. The smallest absolute Gasteiger partial charge is 0.242 e. The number of hydrogen-bond acceptors (Lipinski definition) is 5. The Morgan fingerprint density at radius 3 is 2.96 bits per heavy atom. The molecule has 0 spiro atoms. The maximum absolute atomic E-state index is 12.1. The van der Waals surface area contributed by atoms with E-state index in [1.54, 1.807) is 30.8 Å². The highest BCUT2D eigenvalue weighted by Crippen LogP contribution is 2.17. The summed E-state index contributed by atoms with van der Waals surface area (Å²) in [5.41, 5.74) is 5.08. The summed E-state index contributed by atoms with van der Waals surface area (Å²) in [5, 5.41) is 16.7. The number of halogens is 1. The van der Waals surface area contributed by atoms with Crippen LogP contribution in [0, 0.1) is 0 Å². The molecule has 0 aromatic carbocycles. The van der Waals surface area contributed by atoms with Gasteiger partial charge in [-0.15, -0.1) is 12.4 Å². The van der Waals surface area contributed by atoms with Crippen molar-refractivity contribution in [1.82, 2.24) is 9.78 Å². The number of rotatable bonds is 6. The fourth-order valence-corrected chi connectivity index (χ4v) is 2.52. The molecule has 0 radical (unpaired) electrons. The van der Waals surface area contributed by atoms with E-state index in [0.717, 1.165) is 25.9 Å². The topological polar surface area (TPSA) is 102 Å². The Morgan fingerprint density at radius 2 is 2.35 bits per heavy atom. The van der Waals surface area contributed by atoms with E-state index in [1.807, 2.05) is 0 Å². The first kappa shape index (κ1) is 19.9. The standard InChI is InChI=1S/C15H26N4O3.ClH/c1-15(2,21)10-19-7-6-13(18-19)17-14(20)12(16)9-11-5-3-4-8-22-11;/h6-7,11-12,21H,3-5,8-10,16H2,1-2H3,(H,17,18,20);1H/t11?,12-;/m0./s1. The van der Waals surface area contributed by atoms with Gasteiger partial charge < -0.3 is 20.9 Å². The number of nitrogens with two attached hydrogens (primary N) is 1. The van der Waals surface area contributed by atoms with Crippen LogP contribution in [0.2, 0.25) is 0 Å². The second kappa shape index (κ2) is 8.63. The first-order valence-electron chi connectivity index (χ1n) is 7.77. The van der Waals surface area contributed by atoms with Crippen LogP contribution in [-0.2, 0) is 16.1 Å². The molecule has 7 nitrogen and oxygen atoms in total. The lowest BCUT2D eigenvalue weighted by molar-refractivity contribution is -0.118. The molecule has 1 saturated heterocycles. The SMILES string of the molecule is CC(C)(O)Cn1ccc(NC(=O)[C@@H](N)CC2CCCCO2)n1.Cl. The van der Waals surface area contributed by atoms with Gasteiger partial charge in [-0.3, -0.25) is 9.48 Å². The van der Waals surface area contributed by atoms with E-state index in [2.05, 4.69) is 10.4 Å². The molecule has 132 valence electrons. The number of anilines is 1. The zero-order chi connectivity index (χ0) is 16.2. The van der Waals surface area contributed by atoms with Gasteiger partial charge in [0.1, 0.15) is 0 Å². The summed E-state index contributed by atoms with van der Waals surface area (Å²) in [6.45, 7) is 4.51. The van der Waals surface area contributed by atoms with Gasteiger partial charge in [0.05, 0.1) is 24.3 Å². The predicted octanol–water partition coefficient (Wildman–Crippen LogP) is 1.30. The number of carbonyl (C=O) groups is 1. The molecule has 1 aliphatic rings. The van der Waals surface area contributed by atoms with Crippen LogP contribution < -0.4 is 11.1 Å². The van der Waals surface area contributed by atoms with Crippen molar-refractivity contribution < 1.29 is 14.6 Å². The number of aromatic nitrogens is 2. The van der Waals surface area contributed by atoms with Crippen molar-refractivity contribution in [2.45, 2.75) is 63.8 Å². The third kappa shape index (κ3) is 6.87. The molecule has 2 heterocycles. The van der Waals surface area contributed by atoms with Gasteiger partial charge in [-0.25, -0.2) is 0 Å². The number of hydrogen-bond donors (Lipinski definition) is 3. The molecule has 0 aliphatic carbocycles. The first-order valence-corrected chi connectivity index (χ1v) is 7.77. The van der Waals surface area contributed by atoms with Crippen LogP contribution in [0.5, 0.6) is 0 Å². The van der Waals surface area contributed by atoms with Crippen LogP contribution in [0.1, 0.15) is 39.5 Å². The highest BCUT2D eigenvalue weighted by atomic mass is 35.5. The predicted molar refractivity (Wildman–Crippen MR) is 90.6 cm³/mol. The number of amides is 1. The Bertz CT molecular complexity index is 495. The van der Waals surface area contributed by atoms with Crippen molar-refractivity contribution in [3.63, 3.8) is 0 Å². The second-order valence-electron chi connectivity index (χ2n) is 6.53. The zero-order valence-corrected chi connectivity index (χ0v) is 14.5. The summed E-state index contributed by atoms with van der Waals surface area (Å²) in [6.07, 6.45) is 5.47. The molecule has 1 amide bonds. The van der Waals surface area contributed by atoms with Crippen molar-refractivity contribution in [2.75, 3.05) is 11.9 Å². The van der Waals surface area contributed by atoms with Crippen molar-refractivity contribution in [3.05, 3.63) is 12.3 Å². The van der Waals surface area contributed by atoms with Gasteiger partial charge in [0.2, 0.25) is 5.91 Å². The van der Waals surface area contributed by atoms with Gasteiger partial charge in [-0.1, -0.05) is 0 Å². The molecule has 1 fully saturated rings. The molecule has 23 heavy (non-hydrogen) atoms. The number of carbonyl (C=O) groups excluding carboxylic acids is 1. The average molecular weight is 347 g/mol. The van der Waals surface area contributed by atoms with E-state index in [-0.39, 0.29) is 24.4 Å². The zero-order valence-electron chi connectivity index (χ0n) is 13.7. The molecule has 1 aliphatic heterocycles. The minimum absolute atomic E-state index is 0. The van der Waals surface area contributed by atoms with E-state index in [0.29, 0.717) is 18.8 Å². The number of nitrogens with zero attached hydrogens (tertiary/aromatic N) is 2. The maximum Gasteiger partial charge on any atom is 0.242 e. The third-order valence-electron chi connectivity index (χ3n) is 3.57. The first-order chi connectivity index (χ1) is 10.3. The lowest BCUT2D eigenvalue weighted by Gasteiger charge is -2.24. The van der Waals surface area contributed by atoms with Crippen LogP contribution >= 0.6 is 12.4 Å². The second-order valence-corrected chi connectivity index (χ2v) is 6.53. The summed E-state index contributed by atoms with van der Waals surface area (Å²) in [7, 11) is 0. The van der Waals surface area contributed by atoms with Gasteiger partial charge in [0.25, 0.3) is 0 Å². The van der Waals surface area contributed by atoms with Crippen molar-refractivity contribution in [2.24, 2.45) is 5.73 Å². The van der Waals surface area contributed by atoms with E-state index >= 15 is 0 Å². The summed E-state index contributed by atoms with van der Waals surface area (Å²) in [4.78, 5) is 12.1. The Labute approximate surface area is 143 Å². The minimum atomic E-state index is -0.859. The van der Waals surface area contributed by atoms with Crippen LogP contribution in [0.25, 0.3) is 0 Å². The Hall–Kier alpha value is -1.15. The summed E-state index contributed by atoms with van der Waals surface area (Å²) in [6, 6.07) is 1.08. The van der Waals surface area contributed by atoms with Crippen molar-refractivity contribution >= 4 is 24.1 Å². The fourth-order valence-electron chi connectivity index (χ4n) is 2.52. The van der Waals surface area contributed by atoms with Gasteiger partial charge in [-0.2, -0.15) is 5.10 Å². The summed E-state index contributed by atoms with van der Waals surface area (Å²) >= 11 is 0. The highest BCUT2D eigenvalue weighted by Gasteiger charge is 2.22. The van der Waals surface area contributed by atoms with Crippen LogP contribution in [-0.4, -0.2) is 45.1 Å². The molecule has 1 aromatic rings. The van der Waals surface area contributed by atoms with Gasteiger partial charge in [-0.05, 0) is 39.5 Å². The number of aliphatic hydroxyl groups is 1. The third-order valence-corrected chi connectivity index (χ3v) is 3.57. The maximum atomic E-state index is 12.1. The van der Waals surface area contributed by atoms with E-state index in [4.69, 9.17) is 10.5 Å². The molecule has 1 aromatic heterocycles. The quantitative estimate of drug-likeness (QED) is 0.720. The fraction of sp³-hybridized carbons (Fsp3) is 0.733. The van der Waals surface area contributed by atoms with E-state index < -0.39 is 11.6 Å². The number of ether oxygens (including phenoxy) is 1. The summed E-state index contributed by atoms with van der Waals surface area (Å²) in [5.74, 6) is 0.178. The molecule has 0 bridgehead atoms. The largest absolute Gasteiger partial charge is 0.389 e. The van der Waals surface area contributed by atoms with Gasteiger partial charge in [0, 0.05) is 18.9 Å². The van der Waals surface area contributed by atoms with Crippen LogP contribution in [0.4, 0.5) is 5.82 Å². The molecule has 8 heteroatoms. The Kier molecular flexibility index (Phi) is 7.47. The number of nitrogens with one attached hydrogen (secondary N) is 1. The highest BCUT2D eigenvalue weighted by molar-refractivity contribution is 5.93. The molecular weight excluding hydrogens is 320 g/mol. The molecule has 2 rings (SSSR count). The molecule has 1 unspecified atom stereocenters. The van der Waals surface area contributed by atoms with E-state index in [9.17, 15) is 9.90 Å². The minimum Gasteiger partial charge on any atom is -0.389 e. The van der Waals surface area contributed by atoms with Crippen LogP contribution in [0.3, 0.4) is 0 Å². The molecule has 2 atom stereocenters. The van der Waals surface area contributed by atoms with Gasteiger partial charge >= 0.3 is 0 Å². The van der Waals surface area contributed by atoms with Gasteiger partial charge in [0.15, 0.2) is 5.82 Å². The van der Waals surface area contributed by atoms with Crippen molar-refractivity contribution in [1.29, 1.82) is 0 Å². The summed E-state index contributed by atoms with van der Waals surface area (Å²) < 4.78 is 7.19. The average Bonchev–Trinajstić information content (AvgIpc) is 2.84. The normalized spacial score (nSPS) is 19.7. The van der Waals surface area contributed by atoms with E-state index in [1.165, 1.54) is 0 Å². The Balaban J connectivity index is 0.00000264. The lowest BCUT2D eigenvalue weighted by atomic mass is 10.0. The monoisotopic (exact) mass is 346 g/mol. The lowest BCUT2D eigenvalue weighted by Crippen LogP contribution is -2.39. The Morgan fingerprint density at radius 1 is 1.61 bits per heavy atom. The van der Waals surface area contributed by atoms with Crippen molar-refractivity contribution in [3.8, 4) is 0 Å². The van der Waals surface area contributed by atoms with Crippen LogP contribution in [0.15, 0.2) is 12.3 Å².